The summed E-state index contributed by atoms with van der Waals surface area (Å²) in [6, 6.07) is 9.69. The number of carboxylic acid groups (broad SMARTS) is 1. The van der Waals surface area contributed by atoms with Crippen LogP contribution >= 0.6 is 23.2 Å². The molecule has 0 saturated carbocycles. The van der Waals surface area contributed by atoms with Crippen LogP contribution in [0.2, 0.25) is 10.0 Å². The number of ether oxygens (including phenoxy) is 1. The normalized spacial score (nSPS) is 10.3. The van der Waals surface area contributed by atoms with Gasteiger partial charge < -0.3 is 9.84 Å². The average molecular weight is 297 g/mol. The summed E-state index contributed by atoms with van der Waals surface area (Å²) < 4.78 is 5.65. The molecule has 0 saturated heterocycles. The maximum absolute atomic E-state index is 10.8. The van der Waals surface area contributed by atoms with Crippen molar-refractivity contribution in [2.45, 2.75) is 6.92 Å². The fourth-order valence-corrected chi connectivity index (χ4v) is 1.91. The van der Waals surface area contributed by atoms with E-state index in [0.717, 1.165) is 0 Å². The van der Waals surface area contributed by atoms with Gasteiger partial charge in [-0.3, -0.25) is 0 Å². The van der Waals surface area contributed by atoms with E-state index in [1.54, 1.807) is 31.2 Å². The van der Waals surface area contributed by atoms with Crippen LogP contribution < -0.4 is 4.74 Å². The first-order valence-electron chi connectivity index (χ1n) is 5.45. The van der Waals surface area contributed by atoms with Crippen LogP contribution in [0.3, 0.4) is 0 Å². The van der Waals surface area contributed by atoms with Gasteiger partial charge in [0, 0.05) is 0 Å². The quantitative estimate of drug-likeness (QED) is 0.885. The van der Waals surface area contributed by atoms with Gasteiger partial charge in [0.15, 0.2) is 0 Å². The van der Waals surface area contributed by atoms with E-state index in [4.69, 9.17) is 33.0 Å². The predicted molar refractivity (Wildman–Crippen MR) is 74.7 cm³/mol. The van der Waals surface area contributed by atoms with Gasteiger partial charge in [0.2, 0.25) is 0 Å². The minimum Gasteiger partial charge on any atom is -0.478 e. The van der Waals surface area contributed by atoms with Crippen LogP contribution in [0.15, 0.2) is 36.4 Å². The smallest absolute Gasteiger partial charge is 0.335 e. The first-order chi connectivity index (χ1) is 8.99. The fraction of sp³-hybridized carbons (Fsp3) is 0.0714. The Kier molecular flexibility index (Phi) is 3.98. The molecule has 0 aliphatic heterocycles. The lowest BCUT2D eigenvalue weighted by Gasteiger charge is -2.11. The molecule has 0 radical (unpaired) electrons. The van der Waals surface area contributed by atoms with Crippen LogP contribution in [-0.2, 0) is 0 Å². The zero-order valence-corrected chi connectivity index (χ0v) is 11.5. The lowest BCUT2D eigenvalue weighted by Crippen LogP contribution is -1.97. The molecular weight excluding hydrogens is 287 g/mol. The molecular formula is C14H10Cl2O3. The molecule has 2 rings (SSSR count). The molecule has 0 amide bonds. The summed E-state index contributed by atoms with van der Waals surface area (Å²) in [5.41, 5.74) is 0.915. The van der Waals surface area contributed by atoms with Crippen molar-refractivity contribution in [2.24, 2.45) is 0 Å². The van der Waals surface area contributed by atoms with Crippen molar-refractivity contribution in [1.29, 1.82) is 0 Å². The molecule has 2 aromatic rings. The summed E-state index contributed by atoms with van der Waals surface area (Å²) in [4.78, 5) is 10.8. The summed E-state index contributed by atoms with van der Waals surface area (Å²) >= 11 is 11.9. The van der Waals surface area contributed by atoms with Crippen molar-refractivity contribution in [3.8, 4) is 11.5 Å². The van der Waals surface area contributed by atoms with Gasteiger partial charge in [-0.15, -0.1) is 0 Å². The van der Waals surface area contributed by atoms with Crippen molar-refractivity contribution in [3.05, 3.63) is 57.6 Å². The van der Waals surface area contributed by atoms with Crippen LogP contribution in [-0.4, -0.2) is 11.1 Å². The number of rotatable bonds is 3. The van der Waals surface area contributed by atoms with Gasteiger partial charge in [-0.05, 0) is 42.8 Å². The number of carbonyl (C=O) groups is 1. The van der Waals surface area contributed by atoms with Crippen molar-refractivity contribution in [2.75, 3.05) is 0 Å². The number of benzene rings is 2. The van der Waals surface area contributed by atoms with E-state index in [0.29, 0.717) is 27.1 Å². The van der Waals surface area contributed by atoms with E-state index in [1.807, 2.05) is 0 Å². The van der Waals surface area contributed by atoms with Gasteiger partial charge in [0.05, 0.1) is 10.6 Å². The highest BCUT2D eigenvalue weighted by atomic mass is 35.5. The number of aryl methyl sites for hydroxylation is 1. The highest BCUT2D eigenvalue weighted by Gasteiger charge is 2.10. The first kappa shape index (κ1) is 13.7. The topological polar surface area (TPSA) is 46.5 Å². The standard InChI is InChI=1S/C14H10Cl2O3/c1-8-7-9(14(17)18)5-6-11(8)19-12-4-2-3-10(15)13(12)16/h2-7H,1H3,(H,17,18). The first-order valence-corrected chi connectivity index (χ1v) is 6.20. The lowest BCUT2D eigenvalue weighted by molar-refractivity contribution is 0.0697. The molecule has 0 spiro atoms. The van der Waals surface area contributed by atoms with Crippen LogP contribution in [0.5, 0.6) is 11.5 Å². The molecule has 98 valence electrons. The SMILES string of the molecule is Cc1cc(C(=O)O)ccc1Oc1cccc(Cl)c1Cl. The van der Waals surface area contributed by atoms with E-state index < -0.39 is 5.97 Å². The number of hydrogen-bond acceptors (Lipinski definition) is 2. The van der Waals surface area contributed by atoms with Crippen LogP contribution in [0.4, 0.5) is 0 Å². The summed E-state index contributed by atoms with van der Waals surface area (Å²) in [5, 5.41) is 9.62. The van der Waals surface area contributed by atoms with E-state index in [-0.39, 0.29) is 5.56 Å². The number of carboxylic acids is 1. The molecule has 3 nitrogen and oxygen atoms in total. The molecule has 0 heterocycles. The summed E-state index contributed by atoms with van der Waals surface area (Å²) in [5.74, 6) is -0.00931. The van der Waals surface area contributed by atoms with Crippen LogP contribution in [0, 0.1) is 6.92 Å². The van der Waals surface area contributed by atoms with Gasteiger partial charge in [0.25, 0.3) is 0 Å². The van der Waals surface area contributed by atoms with Crippen molar-refractivity contribution < 1.29 is 14.6 Å². The van der Waals surface area contributed by atoms with Crippen molar-refractivity contribution in [3.63, 3.8) is 0 Å². The Hall–Kier alpha value is -1.71. The molecule has 19 heavy (non-hydrogen) atoms. The van der Waals surface area contributed by atoms with Gasteiger partial charge >= 0.3 is 5.97 Å². The molecule has 0 atom stereocenters. The second-order valence-electron chi connectivity index (χ2n) is 3.94. The predicted octanol–water partition coefficient (Wildman–Crippen LogP) is 4.79. The van der Waals surface area contributed by atoms with Crippen molar-refractivity contribution in [1.82, 2.24) is 0 Å². The van der Waals surface area contributed by atoms with Gasteiger partial charge in [-0.1, -0.05) is 29.3 Å². The molecule has 5 heteroatoms. The Morgan fingerprint density at radius 3 is 2.53 bits per heavy atom. The second-order valence-corrected chi connectivity index (χ2v) is 4.72. The summed E-state index contributed by atoms with van der Waals surface area (Å²) in [6.45, 7) is 1.76. The highest BCUT2D eigenvalue weighted by Crippen LogP contribution is 2.35. The number of hydrogen-bond donors (Lipinski definition) is 1. The molecule has 1 N–H and O–H groups in total. The monoisotopic (exact) mass is 296 g/mol. The second kappa shape index (κ2) is 5.51. The van der Waals surface area contributed by atoms with Gasteiger partial charge in [0.1, 0.15) is 16.5 Å². The Morgan fingerprint density at radius 2 is 1.89 bits per heavy atom. The minimum absolute atomic E-state index is 0.210. The fourth-order valence-electron chi connectivity index (χ4n) is 1.58. The average Bonchev–Trinajstić information content (AvgIpc) is 2.37. The van der Waals surface area contributed by atoms with Crippen LogP contribution in [0.1, 0.15) is 15.9 Å². The molecule has 0 unspecified atom stereocenters. The Balaban J connectivity index is 2.34. The Bertz CT molecular complexity index is 639. The molecule has 0 aromatic heterocycles. The minimum atomic E-state index is -0.976. The zero-order valence-electron chi connectivity index (χ0n) is 9.98. The molecule has 0 fully saturated rings. The van der Waals surface area contributed by atoms with Crippen LogP contribution in [0.25, 0.3) is 0 Å². The molecule has 0 bridgehead atoms. The third-order valence-corrected chi connectivity index (χ3v) is 3.36. The summed E-state index contributed by atoms with van der Waals surface area (Å²) in [7, 11) is 0. The van der Waals surface area contributed by atoms with Crippen molar-refractivity contribution >= 4 is 29.2 Å². The Labute approximate surface area is 120 Å². The van der Waals surface area contributed by atoms with E-state index >= 15 is 0 Å². The molecule has 0 aliphatic rings. The third-order valence-electron chi connectivity index (χ3n) is 2.56. The molecule has 2 aromatic carbocycles. The lowest BCUT2D eigenvalue weighted by atomic mass is 10.1. The van der Waals surface area contributed by atoms with E-state index in [1.165, 1.54) is 12.1 Å². The maximum Gasteiger partial charge on any atom is 0.335 e. The number of halogens is 2. The zero-order chi connectivity index (χ0) is 14.0. The van der Waals surface area contributed by atoms with E-state index in [9.17, 15) is 4.79 Å². The number of aromatic carboxylic acids is 1. The maximum atomic E-state index is 10.8. The summed E-state index contributed by atoms with van der Waals surface area (Å²) in [6.07, 6.45) is 0. The van der Waals surface area contributed by atoms with Gasteiger partial charge in [-0.25, -0.2) is 4.79 Å². The third kappa shape index (κ3) is 3.00. The highest BCUT2D eigenvalue weighted by molar-refractivity contribution is 6.42. The molecule has 0 aliphatic carbocycles. The largest absolute Gasteiger partial charge is 0.478 e. The Morgan fingerprint density at radius 1 is 1.16 bits per heavy atom. The van der Waals surface area contributed by atoms with E-state index in [2.05, 4.69) is 0 Å². The van der Waals surface area contributed by atoms with Gasteiger partial charge in [-0.2, -0.15) is 0 Å².